The minimum absolute atomic E-state index is 0.0354. The lowest BCUT2D eigenvalue weighted by Crippen LogP contribution is -2.19. The molecule has 0 aliphatic heterocycles. The zero-order chi connectivity index (χ0) is 13.5. The number of rotatable bonds is 7. The van der Waals surface area contributed by atoms with E-state index in [1.54, 1.807) is 0 Å². The Balaban J connectivity index is 2.93. The van der Waals surface area contributed by atoms with Crippen LogP contribution in [0.1, 0.15) is 33.1 Å². The summed E-state index contributed by atoms with van der Waals surface area (Å²) in [5.41, 5.74) is 2.29. The standard InChI is InChI=1S/C11H19N5O2/c1-3-5-8(4-2)13-10-6-9(16(17)18)7-11(14-10)15-12/h6-8H,3-5,12H2,1-2H3,(H2,13,14,15). The van der Waals surface area contributed by atoms with Gasteiger partial charge in [0.15, 0.2) is 0 Å². The SMILES string of the molecule is CCCC(CC)Nc1cc([N+](=O)[O-])cc(NN)n1. The Bertz CT molecular complexity index is 410. The molecule has 7 heteroatoms. The van der Waals surface area contributed by atoms with E-state index < -0.39 is 4.92 Å². The summed E-state index contributed by atoms with van der Waals surface area (Å²) in [4.78, 5) is 14.5. The van der Waals surface area contributed by atoms with Crippen LogP contribution in [-0.2, 0) is 0 Å². The molecule has 0 fully saturated rings. The van der Waals surface area contributed by atoms with Crippen molar-refractivity contribution in [1.29, 1.82) is 0 Å². The van der Waals surface area contributed by atoms with Gasteiger partial charge in [0, 0.05) is 6.04 Å². The van der Waals surface area contributed by atoms with Gasteiger partial charge in [-0.2, -0.15) is 0 Å². The molecule has 4 N–H and O–H groups in total. The van der Waals surface area contributed by atoms with Crippen molar-refractivity contribution < 1.29 is 4.92 Å². The predicted molar refractivity (Wildman–Crippen MR) is 71.3 cm³/mol. The van der Waals surface area contributed by atoms with E-state index in [0.29, 0.717) is 5.82 Å². The summed E-state index contributed by atoms with van der Waals surface area (Å²) >= 11 is 0. The third-order valence-corrected chi connectivity index (χ3v) is 2.65. The second-order valence-corrected chi connectivity index (χ2v) is 4.04. The van der Waals surface area contributed by atoms with Crippen LogP contribution in [0.4, 0.5) is 17.3 Å². The average Bonchev–Trinajstić information content (AvgIpc) is 2.37. The molecule has 1 atom stereocenters. The van der Waals surface area contributed by atoms with Crippen LogP contribution in [0.2, 0.25) is 0 Å². The highest BCUT2D eigenvalue weighted by Gasteiger charge is 2.13. The van der Waals surface area contributed by atoms with Crippen LogP contribution in [0.15, 0.2) is 12.1 Å². The van der Waals surface area contributed by atoms with E-state index in [1.165, 1.54) is 12.1 Å². The van der Waals surface area contributed by atoms with Crippen LogP contribution in [0.3, 0.4) is 0 Å². The molecular weight excluding hydrogens is 234 g/mol. The lowest BCUT2D eigenvalue weighted by molar-refractivity contribution is -0.384. The molecular formula is C11H19N5O2. The van der Waals surface area contributed by atoms with Gasteiger partial charge in [-0.15, -0.1) is 0 Å². The van der Waals surface area contributed by atoms with Gasteiger partial charge in [0.05, 0.1) is 17.1 Å². The highest BCUT2D eigenvalue weighted by molar-refractivity contribution is 5.54. The van der Waals surface area contributed by atoms with Crippen LogP contribution in [0, 0.1) is 10.1 Å². The molecule has 18 heavy (non-hydrogen) atoms. The average molecular weight is 253 g/mol. The van der Waals surface area contributed by atoms with Gasteiger partial charge < -0.3 is 10.7 Å². The fraction of sp³-hybridized carbons (Fsp3) is 0.545. The summed E-state index contributed by atoms with van der Waals surface area (Å²) in [6, 6.07) is 2.97. The molecule has 0 aliphatic rings. The van der Waals surface area contributed by atoms with Crippen molar-refractivity contribution in [1.82, 2.24) is 4.98 Å². The molecule has 0 radical (unpaired) electrons. The van der Waals surface area contributed by atoms with Crippen molar-refractivity contribution in [2.45, 2.75) is 39.2 Å². The van der Waals surface area contributed by atoms with Gasteiger partial charge in [-0.1, -0.05) is 20.3 Å². The summed E-state index contributed by atoms with van der Waals surface area (Å²) < 4.78 is 0. The smallest absolute Gasteiger partial charge is 0.276 e. The number of nitrogens with one attached hydrogen (secondary N) is 2. The first-order valence-corrected chi connectivity index (χ1v) is 6.00. The van der Waals surface area contributed by atoms with Crippen LogP contribution in [0.25, 0.3) is 0 Å². The van der Waals surface area contributed by atoms with Crippen molar-refractivity contribution in [3.05, 3.63) is 22.2 Å². The Morgan fingerprint density at radius 1 is 1.44 bits per heavy atom. The van der Waals surface area contributed by atoms with Gasteiger partial charge in [-0.3, -0.25) is 10.1 Å². The van der Waals surface area contributed by atoms with E-state index in [9.17, 15) is 10.1 Å². The van der Waals surface area contributed by atoms with E-state index in [-0.39, 0.29) is 17.5 Å². The number of pyridine rings is 1. The van der Waals surface area contributed by atoms with Gasteiger partial charge in [0.2, 0.25) is 0 Å². The largest absolute Gasteiger partial charge is 0.367 e. The molecule has 0 bridgehead atoms. The van der Waals surface area contributed by atoms with Crippen molar-refractivity contribution in [2.75, 3.05) is 10.7 Å². The van der Waals surface area contributed by atoms with Gasteiger partial charge >= 0.3 is 0 Å². The summed E-state index contributed by atoms with van der Waals surface area (Å²) in [5, 5.41) is 14.0. The maximum Gasteiger partial charge on any atom is 0.276 e. The molecule has 0 amide bonds. The highest BCUT2D eigenvalue weighted by atomic mass is 16.6. The zero-order valence-corrected chi connectivity index (χ0v) is 10.6. The topological polar surface area (TPSA) is 106 Å². The fourth-order valence-electron chi connectivity index (χ4n) is 1.71. The van der Waals surface area contributed by atoms with E-state index in [1.807, 2.05) is 0 Å². The molecule has 1 aromatic heterocycles. The molecule has 100 valence electrons. The first kappa shape index (κ1) is 14.2. The van der Waals surface area contributed by atoms with Crippen molar-refractivity contribution in [3.8, 4) is 0 Å². The maximum absolute atomic E-state index is 10.8. The Labute approximate surface area is 106 Å². The van der Waals surface area contributed by atoms with Crippen molar-refractivity contribution >= 4 is 17.3 Å². The number of nitrogens with two attached hydrogens (primary N) is 1. The number of nitrogens with zero attached hydrogens (tertiary/aromatic N) is 2. The Morgan fingerprint density at radius 3 is 2.61 bits per heavy atom. The number of nitro groups is 1. The number of anilines is 2. The summed E-state index contributed by atoms with van der Waals surface area (Å²) in [6.07, 6.45) is 2.97. The summed E-state index contributed by atoms with van der Waals surface area (Å²) in [5.74, 6) is 5.99. The van der Waals surface area contributed by atoms with E-state index in [0.717, 1.165) is 19.3 Å². The first-order valence-electron chi connectivity index (χ1n) is 6.00. The molecule has 1 rings (SSSR count). The maximum atomic E-state index is 10.8. The quantitative estimate of drug-likeness (QED) is 0.391. The Morgan fingerprint density at radius 2 is 2.11 bits per heavy atom. The second kappa shape index (κ2) is 6.75. The van der Waals surface area contributed by atoms with Crippen LogP contribution < -0.4 is 16.6 Å². The normalized spacial score (nSPS) is 11.9. The lowest BCUT2D eigenvalue weighted by atomic mass is 10.1. The van der Waals surface area contributed by atoms with Gasteiger partial charge in [-0.25, -0.2) is 10.8 Å². The van der Waals surface area contributed by atoms with Crippen LogP contribution in [0.5, 0.6) is 0 Å². The third-order valence-electron chi connectivity index (χ3n) is 2.65. The Kier molecular flexibility index (Phi) is 5.31. The van der Waals surface area contributed by atoms with Gasteiger partial charge in [0.1, 0.15) is 11.6 Å². The number of hydrogen-bond donors (Lipinski definition) is 3. The van der Waals surface area contributed by atoms with Crippen molar-refractivity contribution in [3.63, 3.8) is 0 Å². The molecule has 1 heterocycles. The molecule has 0 spiro atoms. The highest BCUT2D eigenvalue weighted by Crippen LogP contribution is 2.21. The zero-order valence-electron chi connectivity index (χ0n) is 10.6. The van der Waals surface area contributed by atoms with E-state index in [4.69, 9.17) is 5.84 Å². The first-order chi connectivity index (χ1) is 8.60. The molecule has 1 unspecified atom stereocenters. The summed E-state index contributed by atoms with van der Waals surface area (Å²) in [7, 11) is 0. The number of hydrogen-bond acceptors (Lipinski definition) is 6. The second-order valence-electron chi connectivity index (χ2n) is 4.04. The number of aromatic nitrogens is 1. The van der Waals surface area contributed by atoms with Gasteiger partial charge in [-0.05, 0) is 12.8 Å². The molecule has 0 aromatic carbocycles. The predicted octanol–water partition coefficient (Wildman–Crippen LogP) is 2.27. The minimum atomic E-state index is -0.464. The monoisotopic (exact) mass is 253 g/mol. The molecule has 0 aliphatic carbocycles. The summed E-state index contributed by atoms with van der Waals surface area (Å²) in [6.45, 7) is 4.16. The van der Waals surface area contributed by atoms with Crippen LogP contribution >= 0.6 is 0 Å². The lowest BCUT2D eigenvalue weighted by Gasteiger charge is -2.17. The van der Waals surface area contributed by atoms with Crippen LogP contribution in [-0.4, -0.2) is 15.9 Å². The molecule has 0 saturated heterocycles. The van der Waals surface area contributed by atoms with Gasteiger partial charge in [0.25, 0.3) is 5.69 Å². The fourth-order valence-corrected chi connectivity index (χ4v) is 1.71. The molecule has 1 aromatic rings. The number of nitrogen functional groups attached to an aromatic ring is 1. The number of hydrazine groups is 1. The van der Waals surface area contributed by atoms with Crippen molar-refractivity contribution in [2.24, 2.45) is 5.84 Å². The third kappa shape index (κ3) is 3.85. The molecule has 0 saturated carbocycles. The minimum Gasteiger partial charge on any atom is -0.367 e. The Hall–Kier alpha value is -1.89. The van der Waals surface area contributed by atoms with E-state index in [2.05, 4.69) is 29.6 Å². The molecule has 7 nitrogen and oxygen atoms in total. The van der Waals surface area contributed by atoms with E-state index >= 15 is 0 Å².